The highest BCUT2D eigenvalue weighted by molar-refractivity contribution is 6.12. The van der Waals surface area contributed by atoms with Crippen LogP contribution in [-0.2, 0) is 16.8 Å². The fourth-order valence-electron chi connectivity index (χ4n) is 4.12. The molecule has 0 saturated carbocycles. The predicted molar refractivity (Wildman–Crippen MR) is 105 cm³/mol. The normalized spacial score (nSPS) is 19.0. The number of ketones is 2. The molecule has 2 aromatic rings. The second-order valence-electron chi connectivity index (χ2n) is 7.58. The first-order chi connectivity index (χ1) is 13.5. The van der Waals surface area contributed by atoms with E-state index in [0.717, 1.165) is 4.90 Å². The van der Waals surface area contributed by atoms with Crippen molar-refractivity contribution in [2.45, 2.75) is 53.5 Å². The third kappa shape index (κ3) is 3.18. The number of Topliss-reactive ketones (excluding diaryl/α,β-unsaturated/α-hetero) is 2. The van der Waals surface area contributed by atoms with Gasteiger partial charge >= 0.3 is 6.03 Å². The summed E-state index contributed by atoms with van der Waals surface area (Å²) in [7, 11) is 0. The highest BCUT2D eigenvalue weighted by atomic mass is 16.3. The molecule has 0 aliphatic carbocycles. The minimum Gasteiger partial charge on any atom is -0.466 e. The summed E-state index contributed by atoms with van der Waals surface area (Å²) in [6.07, 6.45) is 0.478. The number of nitrogens with zero attached hydrogens (tertiary/aromatic N) is 1. The number of carbonyl (C=O) groups excluding carboxylic acids is 4. The van der Waals surface area contributed by atoms with Gasteiger partial charge in [-0.2, -0.15) is 0 Å². The Morgan fingerprint density at radius 3 is 2.38 bits per heavy atom. The Bertz CT molecular complexity index is 1050. The Hall–Kier alpha value is -3.16. The van der Waals surface area contributed by atoms with E-state index in [1.54, 1.807) is 33.8 Å². The summed E-state index contributed by atoms with van der Waals surface area (Å²) in [5, 5.41) is 2.68. The summed E-state index contributed by atoms with van der Waals surface area (Å²) in [5.41, 5.74) is 1.22. The van der Waals surface area contributed by atoms with Gasteiger partial charge in [-0.25, -0.2) is 4.79 Å². The maximum Gasteiger partial charge on any atom is 0.325 e. The molecule has 1 aliphatic rings. The Balaban J connectivity index is 1.92. The second kappa shape index (κ2) is 7.02. The van der Waals surface area contributed by atoms with Crippen LogP contribution in [0.15, 0.2) is 10.5 Å². The Kier molecular flexibility index (Phi) is 4.98. The molecule has 3 amide bonds. The van der Waals surface area contributed by atoms with Crippen molar-refractivity contribution < 1.29 is 23.6 Å². The number of aromatic amines is 1. The van der Waals surface area contributed by atoms with E-state index in [0.29, 0.717) is 40.3 Å². The number of aromatic nitrogens is 1. The van der Waals surface area contributed by atoms with Crippen LogP contribution in [0.3, 0.4) is 0 Å². The van der Waals surface area contributed by atoms with E-state index in [-0.39, 0.29) is 11.5 Å². The van der Waals surface area contributed by atoms with Crippen molar-refractivity contribution in [3.63, 3.8) is 0 Å². The lowest BCUT2D eigenvalue weighted by atomic mass is 9.92. The quantitative estimate of drug-likeness (QED) is 0.573. The van der Waals surface area contributed by atoms with Gasteiger partial charge in [-0.15, -0.1) is 0 Å². The zero-order chi connectivity index (χ0) is 21.7. The highest BCUT2D eigenvalue weighted by Gasteiger charge is 2.51. The molecule has 1 unspecified atom stereocenters. The first kappa shape index (κ1) is 20.6. The summed E-state index contributed by atoms with van der Waals surface area (Å²) < 4.78 is 5.50. The first-order valence-electron chi connectivity index (χ1n) is 9.48. The monoisotopic (exact) mass is 399 g/mol. The van der Waals surface area contributed by atoms with E-state index in [9.17, 15) is 19.2 Å². The van der Waals surface area contributed by atoms with E-state index in [1.807, 2.05) is 6.92 Å². The Labute approximate surface area is 168 Å². The largest absolute Gasteiger partial charge is 0.466 e. The predicted octanol–water partition coefficient (Wildman–Crippen LogP) is 2.95. The minimum atomic E-state index is -1.30. The van der Waals surface area contributed by atoms with Crippen LogP contribution in [0.5, 0.6) is 0 Å². The van der Waals surface area contributed by atoms with Gasteiger partial charge in [-0.05, 0) is 52.7 Å². The molecule has 3 rings (SSSR count). The fraction of sp³-hybridized carbons (Fsp3) is 0.429. The third-order valence-electron chi connectivity index (χ3n) is 5.43. The molecule has 1 saturated heterocycles. The molecule has 29 heavy (non-hydrogen) atoms. The summed E-state index contributed by atoms with van der Waals surface area (Å²) in [6, 6.07) is 1.07. The number of H-pyrrole nitrogens is 1. The molecule has 154 valence electrons. The van der Waals surface area contributed by atoms with Crippen LogP contribution in [0, 0.1) is 20.8 Å². The summed E-state index contributed by atoms with van der Waals surface area (Å²) in [6.45, 7) is 9.68. The smallest absolute Gasteiger partial charge is 0.325 e. The van der Waals surface area contributed by atoms with Crippen LogP contribution in [-0.4, -0.2) is 39.9 Å². The molecule has 1 atom stereocenters. The van der Waals surface area contributed by atoms with Crippen LogP contribution >= 0.6 is 0 Å². The maximum absolute atomic E-state index is 13.1. The SMILES string of the molecule is CCc1c(C(=O)CN2C(=O)NC(C)(c3cc(C)oc3C)C2=O)[nH]c(C)c1C(C)=O. The van der Waals surface area contributed by atoms with Gasteiger partial charge in [-0.3, -0.25) is 19.3 Å². The number of nitrogens with one attached hydrogen (secondary N) is 2. The molecule has 0 spiro atoms. The summed E-state index contributed by atoms with van der Waals surface area (Å²) in [4.78, 5) is 54.4. The number of amides is 3. The molecule has 1 fully saturated rings. The number of rotatable bonds is 6. The minimum absolute atomic E-state index is 0.136. The van der Waals surface area contributed by atoms with E-state index >= 15 is 0 Å². The van der Waals surface area contributed by atoms with Gasteiger partial charge in [0.15, 0.2) is 11.6 Å². The van der Waals surface area contributed by atoms with E-state index in [1.165, 1.54) is 6.92 Å². The molecule has 8 nitrogen and oxygen atoms in total. The van der Waals surface area contributed by atoms with Gasteiger partial charge in [0.25, 0.3) is 5.91 Å². The number of hydrogen-bond donors (Lipinski definition) is 2. The van der Waals surface area contributed by atoms with Crippen molar-refractivity contribution in [2.24, 2.45) is 0 Å². The van der Waals surface area contributed by atoms with Crippen LogP contribution in [0.2, 0.25) is 0 Å². The lowest BCUT2D eigenvalue weighted by Crippen LogP contribution is -2.41. The number of urea groups is 1. The molecule has 2 aromatic heterocycles. The molecule has 0 aromatic carbocycles. The van der Waals surface area contributed by atoms with Gasteiger partial charge in [0.05, 0.1) is 12.2 Å². The van der Waals surface area contributed by atoms with Gasteiger partial charge < -0.3 is 14.7 Å². The number of imide groups is 1. The van der Waals surface area contributed by atoms with E-state index in [4.69, 9.17) is 4.42 Å². The van der Waals surface area contributed by atoms with E-state index in [2.05, 4.69) is 10.3 Å². The molecule has 3 heterocycles. The molecular weight excluding hydrogens is 374 g/mol. The number of hydrogen-bond acceptors (Lipinski definition) is 5. The molecule has 2 N–H and O–H groups in total. The standard InChI is InChI=1S/C21H25N3O5/c1-7-14-17(12(4)25)11(3)22-18(14)16(26)9-24-19(27)21(6,23-20(24)28)15-8-10(2)29-13(15)5/h8,22H,7,9H2,1-6H3,(H,23,28). The van der Waals surface area contributed by atoms with Crippen molar-refractivity contribution in [3.05, 3.63) is 45.7 Å². The summed E-state index contributed by atoms with van der Waals surface area (Å²) >= 11 is 0. The van der Waals surface area contributed by atoms with Gasteiger partial charge in [0.1, 0.15) is 17.1 Å². The average Bonchev–Trinajstić information content (AvgIpc) is 3.22. The molecule has 0 bridgehead atoms. The van der Waals surface area contributed by atoms with Crippen LogP contribution < -0.4 is 5.32 Å². The lowest BCUT2D eigenvalue weighted by Gasteiger charge is -2.21. The lowest BCUT2D eigenvalue weighted by molar-refractivity contribution is -0.130. The zero-order valence-electron chi connectivity index (χ0n) is 17.5. The van der Waals surface area contributed by atoms with Crippen molar-refractivity contribution in [1.82, 2.24) is 15.2 Å². The van der Waals surface area contributed by atoms with Crippen LogP contribution in [0.4, 0.5) is 4.79 Å². The Morgan fingerprint density at radius 2 is 1.86 bits per heavy atom. The zero-order valence-corrected chi connectivity index (χ0v) is 17.5. The van der Waals surface area contributed by atoms with E-state index < -0.39 is 29.8 Å². The molecule has 1 aliphatic heterocycles. The summed E-state index contributed by atoms with van der Waals surface area (Å²) in [5.74, 6) is 0.0777. The van der Waals surface area contributed by atoms with Crippen LogP contribution in [0.25, 0.3) is 0 Å². The molecular formula is C21H25N3O5. The van der Waals surface area contributed by atoms with Crippen molar-refractivity contribution >= 4 is 23.5 Å². The number of carbonyl (C=O) groups is 4. The number of furan rings is 1. The number of aryl methyl sites for hydroxylation is 3. The van der Waals surface area contributed by atoms with Crippen LogP contribution in [0.1, 0.15) is 70.0 Å². The first-order valence-corrected chi connectivity index (χ1v) is 9.48. The fourth-order valence-corrected chi connectivity index (χ4v) is 4.12. The maximum atomic E-state index is 13.1. The topological polar surface area (TPSA) is 112 Å². The molecule has 0 radical (unpaired) electrons. The van der Waals surface area contributed by atoms with Gasteiger partial charge in [-0.1, -0.05) is 6.92 Å². The average molecular weight is 399 g/mol. The Morgan fingerprint density at radius 1 is 1.21 bits per heavy atom. The third-order valence-corrected chi connectivity index (χ3v) is 5.43. The van der Waals surface area contributed by atoms with Gasteiger partial charge in [0, 0.05) is 16.8 Å². The second-order valence-corrected chi connectivity index (χ2v) is 7.58. The highest BCUT2D eigenvalue weighted by Crippen LogP contribution is 2.33. The van der Waals surface area contributed by atoms with Gasteiger partial charge in [0.2, 0.25) is 0 Å². The van der Waals surface area contributed by atoms with Crippen molar-refractivity contribution in [3.8, 4) is 0 Å². The van der Waals surface area contributed by atoms with Crippen molar-refractivity contribution in [2.75, 3.05) is 6.54 Å². The van der Waals surface area contributed by atoms with Crippen molar-refractivity contribution in [1.29, 1.82) is 0 Å². The molecule has 8 heteroatoms.